The Morgan fingerprint density at radius 3 is 3.00 bits per heavy atom. The van der Waals surface area contributed by atoms with E-state index >= 15 is 0 Å². The fourth-order valence-corrected chi connectivity index (χ4v) is 2.22. The van der Waals surface area contributed by atoms with E-state index in [0.29, 0.717) is 5.92 Å². The molecule has 0 aromatic rings. The van der Waals surface area contributed by atoms with Gasteiger partial charge in [0.2, 0.25) is 0 Å². The van der Waals surface area contributed by atoms with Crippen LogP contribution in [0.25, 0.3) is 0 Å². The number of ether oxygens (including phenoxy) is 1. The number of rotatable bonds is 3. The summed E-state index contributed by atoms with van der Waals surface area (Å²) < 4.78 is 5.89. The fraction of sp³-hybridized carbons (Fsp3) is 0.692. The maximum atomic E-state index is 5.89. The maximum absolute atomic E-state index is 5.89. The van der Waals surface area contributed by atoms with Crippen LogP contribution < -0.4 is 5.32 Å². The summed E-state index contributed by atoms with van der Waals surface area (Å²) in [7, 11) is 0. The van der Waals surface area contributed by atoms with Crippen LogP contribution in [0.2, 0.25) is 0 Å². The van der Waals surface area contributed by atoms with Crippen molar-refractivity contribution >= 4 is 0 Å². The Bertz CT molecular complexity index is 262. The van der Waals surface area contributed by atoms with E-state index in [-0.39, 0.29) is 0 Å². The van der Waals surface area contributed by atoms with Crippen molar-refractivity contribution in [1.82, 2.24) is 5.32 Å². The topological polar surface area (TPSA) is 21.3 Å². The van der Waals surface area contributed by atoms with Crippen molar-refractivity contribution in [3.05, 3.63) is 23.5 Å². The Morgan fingerprint density at radius 2 is 2.27 bits per heavy atom. The first-order valence-corrected chi connectivity index (χ1v) is 6.07. The van der Waals surface area contributed by atoms with Gasteiger partial charge < -0.3 is 10.1 Å². The van der Waals surface area contributed by atoms with Gasteiger partial charge in [0, 0.05) is 12.5 Å². The molecule has 15 heavy (non-hydrogen) atoms. The van der Waals surface area contributed by atoms with Crippen LogP contribution in [0.4, 0.5) is 0 Å². The van der Waals surface area contributed by atoms with Crippen molar-refractivity contribution in [1.29, 1.82) is 0 Å². The molecule has 0 saturated carbocycles. The van der Waals surface area contributed by atoms with Crippen molar-refractivity contribution in [3.8, 4) is 0 Å². The highest BCUT2D eigenvalue weighted by atomic mass is 16.5. The predicted octanol–water partition coefficient (Wildman–Crippen LogP) is 2.63. The average Bonchev–Trinajstić information content (AvgIpc) is 2.29. The molecule has 1 aliphatic heterocycles. The van der Waals surface area contributed by atoms with E-state index in [1.807, 2.05) is 0 Å². The Kier molecular flexibility index (Phi) is 3.84. The largest absolute Gasteiger partial charge is 0.493 e. The van der Waals surface area contributed by atoms with E-state index in [9.17, 15) is 0 Å². The molecule has 1 atom stereocenters. The summed E-state index contributed by atoms with van der Waals surface area (Å²) in [6.07, 6.45) is 9.41. The number of nitrogens with one attached hydrogen (secondary N) is 1. The lowest BCUT2D eigenvalue weighted by molar-refractivity contribution is 0.152. The van der Waals surface area contributed by atoms with Crippen molar-refractivity contribution in [3.63, 3.8) is 0 Å². The Balaban J connectivity index is 1.77. The molecule has 84 valence electrons. The highest BCUT2D eigenvalue weighted by Crippen LogP contribution is 2.21. The molecule has 1 fully saturated rings. The molecule has 2 nitrogen and oxygen atoms in total. The van der Waals surface area contributed by atoms with E-state index in [2.05, 4.69) is 24.4 Å². The van der Waals surface area contributed by atoms with Crippen molar-refractivity contribution in [2.45, 2.75) is 32.6 Å². The molecule has 0 radical (unpaired) electrons. The quantitative estimate of drug-likeness (QED) is 0.768. The summed E-state index contributed by atoms with van der Waals surface area (Å²) >= 11 is 0. The summed E-state index contributed by atoms with van der Waals surface area (Å²) in [6, 6.07) is 0. The van der Waals surface area contributed by atoms with Gasteiger partial charge in [-0.3, -0.25) is 0 Å². The number of piperidine rings is 1. The minimum absolute atomic E-state index is 0.703. The third-order valence-electron chi connectivity index (χ3n) is 3.21. The van der Waals surface area contributed by atoms with Gasteiger partial charge in [0.05, 0.1) is 6.61 Å². The maximum Gasteiger partial charge on any atom is 0.117 e. The lowest BCUT2D eigenvalue weighted by atomic mass is 10.0. The first kappa shape index (κ1) is 10.7. The summed E-state index contributed by atoms with van der Waals surface area (Å²) in [6.45, 7) is 5.32. The van der Waals surface area contributed by atoms with Crippen LogP contribution in [-0.2, 0) is 4.74 Å². The lowest BCUT2D eigenvalue weighted by Gasteiger charge is -2.24. The summed E-state index contributed by atoms with van der Waals surface area (Å²) in [5.41, 5.74) is 1.31. The Hall–Kier alpha value is -0.760. The zero-order valence-electron chi connectivity index (χ0n) is 9.59. The molecule has 0 spiro atoms. The monoisotopic (exact) mass is 207 g/mol. The second-order valence-electron chi connectivity index (χ2n) is 4.56. The molecule has 0 bridgehead atoms. The SMILES string of the molecule is CC1=CCCC=C1OCC1CCCNC1. The average molecular weight is 207 g/mol. The van der Waals surface area contributed by atoms with Gasteiger partial charge in [-0.25, -0.2) is 0 Å². The predicted molar refractivity (Wildman–Crippen MR) is 62.6 cm³/mol. The van der Waals surface area contributed by atoms with Crippen molar-refractivity contribution in [2.75, 3.05) is 19.7 Å². The third-order valence-corrected chi connectivity index (χ3v) is 3.21. The summed E-state index contributed by atoms with van der Waals surface area (Å²) in [4.78, 5) is 0. The van der Waals surface area contributed by atoms with Crippen molar-refractivity contribution in [2.24, 2.45) is 5.92 Å². The van der Waals surface area contributed by atoms with E-state index in [1.54, 1.807) is 0 Å². The zero-order chi connectivity index (χ0) is 10.5. The van der Waals surface area contributed by atoms with Gasteiger partial charge in [0.15, 0.2) is 0 Å². The van der Waals surface area contributed by atoms with Crippen LogP contribution in [0.5, 0.6) is 0 Å². The molecule has 0 aromatic heterocycles. The smallest absolute Gasteiger partial charge is 0.117 e. The standard InChI is InChI=1S/C13H21NO/c1-11-5-2-3-7-13(11)15-10-12-6-4-8-14-9-12/h5,7,12,14H,2-4,6,8-10H2,1H3. The first-order chi connectivity index (χ1) is 7.36. The molecule has 2 aliphatic rings. The van der Waals surface area contributed by atoms with Crippen LogP contribution in [-0.4, -0.2) is 19.7 Å². The molecular formula is C13H21NO. The van der Waals surface area contributed by atoms with Crippen LogP contribution >= 0.6 is 0 Å². The Morgan fingerprint density at radius 1 is 1.40 bits per heavy atom. The van der Waals surface area contributed by atoms with Gasteiger partial charge in [-0.05, 0) is 50.8 Å². The lowest BCUT2D eigenvalue weighted by Crippen LogP contribution is -2.32. The van der Waals surface area contributed by atoms with Gasteiger partial charge in [0.1, 0.15) is 5.76 Å². The van der Waals surface area contributed by atoms with Gasteiger partial charge in [-0.2, -0.15) is 0 Å². The molecule has 0 amide bonds. The third kappa shape index (κ3) is 3.10. The molecule has 2 rings (SSSR count). The second-order valence-corrected chi connectivity index (χ2v) is 4.56. The zero-order valence-corrected chi connectivity index (χ0v) is 9.59. The van der Waals surface area contributed by atoms with Gasteiger partial charge in [0.25, 0.3) is 0 Å². The number of hydrogen-bond donors (Lipinski definition) is 1. The molecular weight excluding hydrogens is 186 g/mol. The number of hydrogen-bond acceptors (Lipinski definition) is 2. The molecule has 0 aromatic carbocycles. The van der Waals surface area contributed by atoms with E-state index in [0.717, 1.165) is 25.3 Å². The van der Waals surface area contributed by atoms with Gasteiger partial charge >= 0.3 is 0 Å². The fourth-order valence-electron chi connectivity index (χ4n) is 2.22. The van der Waals surface area contributed by atoms with E-state index < -0.39 is 0 Å². The minimum Gasteiger partial charge on any atom is -0.493 e. The number of allylic oxidation sites excluding steroid dienone is 3. The molecule has 1 aliphatic carbocycles. The van der Waals surface area contributed by atoms with Gasteiger partial charge in [-0.15, -0.1) is 0 Å². The molecule has 1 heterocycles. The highest BCUT2D eigenvalue weighted by Gasteiger charge is 2.14. The van der Waals surface area contributed by atoms with Crippen LogP contribution in [0.15, 0.2) is 23.5 Å². The van der Waals surface area contributed by atoms with Crippen LogP contribution in [0.1, 0.15) is 32.6 Å². The molecule has 2 heteroatoms. The minimum atomic E-state index is 0.703. The second kappa shape index (κ2) is 5.36. The normalized spacial score (nSPS) is 26.9. The molecule has 1 saturated heterocycles. The van der Waals surface area contributed by atoms with Crippen molar-refractivity contribution < 1.29 is 4.74 Å². The van der Waals surface area contributed by atoms with Crippen LogP contribution in [0.3, 0.4) is 0 Å². The Labute approximate surface area is 92.4 Å². The van der Waals surface area contributed by atoms with Gasteiger partial charge in [-0.1, -0.05) is 6.08 Å². The van der Waals surface area contributed by atoms with E-state index in [4.69, 9.17) is 4.74 Å². The molecule has 1 N–H and O–H groups in total. The highest BCUT2D eigenvalue weighted by molar-refractivity contribution is 5.26. The summed E-state index contributed by atoms with van der Waals surface area (Å²) in [5, 5.41) is 3.42. The van der Waals surface area contributed by atoms with E-state index in [1.165, 1.54) is 31.4 Å². The summed E-state index contributed by atoms with van der Waals surface area (Å²) in [5.74, 6) is 1.82. The van der Waals surface area contributed by atoms with Crippen LogP contribution in [0, 0.1) is 5.92 Å². The first-order valence-electron chi connectivity index (χ1n) is 6.07. The molecule has 1 unspecified atom stereocenters.